The first-order chi connectivity index (χ1) is 13.1. The van der Waals surface area contributed by atoms with Crippen LogP contribution in [0.2, 0.25) is 0 Å². The minimum absolute atomic E-state index is 0.175. The van der Waals surface area contributed by atoms with E-state index in [9.17, 15) is 14.4 Å². The van der Waals surface area contributed by atoms with Crippen LogP contribution >= 0.6 is 27.3 Å². The van der Waals surface area contributed by atoms with Crippen molar-refractivity contribution in [3.05, 3.63) is 43.7 Å². The molecule has 2 aromatic rings. The minimum Gasteiger partial charge on any atom is -0.483 e. The Hall–Kier alpha value is -2.19. The van der Waals surface area contributed by atoms with Crippen LogP contribution in [-0.2, 0) is 9.53 Å². The van der Waals surface area contributed by atoms with Crippen molar-refractivity contribution < 1.29 is 23.9 Å². The number of hydrogen-bond acceptors (Lipinski definition) is 6. The molecular formula is C20H22BrNO5S. The SMILES string of the molecule is CCOC(=O)c1c(NC(=O)COc2c(C)cc(Br)cc2C)sc(C(C)=O)c1C. The van der Waals surface area contributed by atoms with Crippen LogP contribution in [0.25, 0.3) is 0 Å². The van der Waals surface area contributed by atoms with Gasteiger partial charge in [0.25, 0.3) is 5.91 Å². The van der Waals surface area contributed by atoms with E-state index in [-0.39, 0.29) is 24.6 Å². The first-order valence-corrected chi connectivity index (χ1v) is 10.3. The molecule has 0 bridgehead atoms. The van der Waals surface area contributed by atoms with E-state index in [2.05, 4.69) is 21.2 Å². The molecule has 0 fully saturated rings. The summed E-state index contributed by atoms with van der Waals surface area (Å²) in [7, 11) is 0. The average molecular weight is 468 g/mol. The second kappa shape index (κ2) is 9.34. The number of amides is 1. The van der Waals surface area contributed by atoms with Crippen LogP contribution < -0.4 is 10.1 Å². The Morgan fingerprint density at radius 3 is 2.29 bits per heavy atom. The fourth-order valence-electron chi connectivity index (χ4n) is 2.81. The van der Waals surface area contributed by atoms with E-state index in [1.54, 1.807) is 13.8 Å². The Balaban J connectivity index is 2.21. The summed E-state index contributed by atoms with van der Waals surface area (Å²) in [5.41, 5.74) is 2.52. The Morgan fingerprint density at radius 2 is 1.75 bits per heavy atom. The molecule has 1 amide bonds. The lowest BCUT2D eigenvalue weighted by atomic mass is 10.1. The van der Waals surface area contributed by atoms with Crippen LogP contribution in [0, 0.1) is 20.8 Å². The van der Waals surface area contributed by atoms with Crippen LogP contribution in [0.1, 0.15) is 50.6 Å². The lowest BCUT2D eigenvalue weighted by Crippen LogP contribution is -2.21. The largest absolute Gasteiger partial charge is 0.483 e. The topological polar surface area (TPSA) is 81.7 Å². The number of carbonyl (C=O) groups excluding carboxylic acids is 3. The second-order valence-corrected chi connectivity index (χ2v) is 8.18. The Bertz CT molecular complexity index is 912. The third-order valence-electron chi connectivity index (χ3n) is 3.97. The van der Waals surface area contributed by atoms with Crippen molar-refractivity contribution >= 4 is 49.9 Å². The number of halogens is 1. The molecule has 0 aliphatic heterocycles. The fourth-order valence-corrected chi connectivity index (χ4v) is 4.61. The number of carbonyl (C=O) groups is 3. The van der Waals surface area contributed by atoms with Gasteiger partial charge in [-0.05, 0) is 63.4 Å². The number of rotatable bonds is 7. The summed E-state index contributed by atoms with van der Waals surface area (Å²) in [5, 5.41) is 2.97. The van der Waals surface area contributed by atoms with Crippen LogP contribution in [0.4, 0.5) is 5.00 Å². The smallest absolute Gasteiger partial charge is 0.341 e. The van der Waals surface area contributed by atoms with Crippen LogP contribution in [-0.4, -0.2) is 30.9 Å². The zero-order valence-electron chi connectivity index (χ0n) is 16.4. The molecule has 28 heavy (non-hydrogen) atoms. The van der Waals surface area contributed by atoms with E-state index in [0.29, 0.717) is 21.2 Å². The molecule has 2 rings (SSSR count). The molecule has 6 nitrogen and oxygen atoms in total. The van der Waals surface area contributed by atoms with Gasteiger partial charge in [-0.15, -0.1) is 11.3 Å². The summed E-state index contributed by atoms with van der Waals surface area (Å²) < 4.78 is 11.7. The molecule has 0 spiro atoms. The molecule has 150 valence electrons. The monoisotopic (exact) mass is 467 g/mol. The fraction of sp³-hybridized carbons (Fsp3) is 0.350. The summed E-state index contributed by atoms with van der Waals surface area (Å²) in [5.74, 6) is -0.537. The summed E-state index contributed by atoms with van der Waals surface area (Å²) in [6.45, 7) is 8.54. The Morgan fingerprint density at radius 1 is 1.14 bits per heavy atom. The lowest BCUT2D eigenvalue weighted by molar-refractivity contribution is -0.118. The number of Topliss-reactive ketones (excluding diaryl/α,β-unsaturated/α-hetero) is 1. The third-order valence-corrected chi connectivity index (χ3v) is 5.74. The molecule has 1 aromatic heterocycles. The van der Waals surface area contributed by atoms with Gasteiger partial charge in [0.05, 0.1) is 17.0 Å². The number of ketones is 1. The summed E-state index contributed by atoms with van der Waals surface area (Å²) >= 11 is 4.48. The van der Waals surface area contributed by atoms with Gasteiger partial charge in [0.15, 0.2) is 12.4 Å². The van der Waals surface area contributed by atoms with Gasteiger partial charge in [0.1, 0.15) is 10.8 Å². The molecule has 0 aliphatic carbocycles. The second-order valence-electron chi connectivity index (χ2n) is 6.24. The Kier molecular flexibility index (Phi) is 7.37. The van der Waals surface area contributed by atoms with E-state index < -0.39 is 11.9 Å². The maximum Gasteiger partial charge on any atom is 0.341 e. The number of nitrogens with one attached hydrogen (secondary N) is 1. The number of anilines is 1. The van der Waals surface area contributed by atoms with E-state index in [1.807, 2.05) is 26.0 Å². The number of hydrogen-bond donors (Lipinski definition) is 1. The van der Waals surface area contributed by atoms with E-state index in [4.69, 9.17) is 9.47 Å². The molecule has 0 saturated heterocycles. The van der Waals surface area contributed by atoms with E-state index in [0.717, 1.165) is 26.9 Å². The highest BCUT2D eigenvalue weighted by Crippen LogP contribution is 2.34. The minimum atomic E-state index is -0.570. The normalized spacial score (nSPS) is 10.5. The zero-order valence-corrected chi connectivity index (χ0v) is 18.8. The number of benzene rings is 1. The molecule has 1 heterocycles. The molecule has 0 aliphatic rings. The van der Waals surface area contributed by atoms with Gasteiger partial charge in [0.2, 0.25) is 0 Å². The van der Waals surface area contributed by atoms with Crippen molar-refractivity contribution in [2.24, 2.45) is 0 Å². The first-order valence-electron chi connectivity index (χ1n) is 8.66. The quantitative estimate of drug-likeness (QED) is 0.465. The number of ether oxygens (including phenoxy) is 2. The van der Waals surface area contributed by atoms with Crippen LogP contribution in [0.5, 0.6) is 5.75 Å². The number of aryl methyl sites for hydroxylation is 2. The van der Waals surface area contributed by atoms with Crippen molar-refractivity contribution in [2.75, 3.05) is 18.5 Å². The maximum atomic E-state index is 12.4. The molecule has 0 atom stereocenters. The Labute approximate surface area is 176 Å². The van der Waals surface area contributed by atoms with E-state index >= 15 is 0 Å². The predicted octanol–water partition coefficient (Wildman–Crippen LogP) is 4.83. The lowest BCUT2D eigenvalue weighted by Gasteiger charge is -2.13. The van der Waals surface area contributed by atoms with Gasteiger partial charge in [-0.25, -0.2) is 4.79 Å². The van der Waals surface area contributed by atoms with Crippen molar-refractivity contribution in [1.29, 1.82) is 0 Å². The summed E-state index contributed by atoms with van der Waals surface area (Å²) in [6.07, 6.45) is 0. The highest BCUT2D eigenvalue weighted by molar-refractivity contribution is 9.10. The number of esters is 1. The van der Waals surface area contributed by atoms with Gasteiger partial charge in [-0.3, -0.25) is 9.59 Å². The van der Waals surface area contributed by atoms with E-state index in [1.165, 1.54) is 6.92 Å². The highest BCUT2D eigenvalue weighted by atomic mass is 79.9. The average Bonchev–Trinajstić information content (AvgIpc) is 2.90. The maximum absolute atomic E-state index is 12.4. The third kappa shape index (κ3) is 4.99. The summed E-state index contributed by atoms with van der Waals surface area (Å²) in [4.78, 5) is 37.0. The zero-order chi connectivity index (χ0) is 21.0. The van der Waals surface area contributed by atoms with Gasteiger partial charge >= 0.3 is 5.97 Å². The highest BCUT2D eigenvalue weighted by Gasteiger charge is 2.25. The molecule has 0 unspecified atom stereocenters. The molecule has 0 saturated carbocycles. The molecule has 1 aromatic carbocycles. The first kappa shape index (κ1) is 22.1. The van der Waals surface area contributed by atoms with Gasteiger partial charge < -0.3 is 14.8 Å². The molecule has 1 N–H and O–H groups in total. The van der Waals surface area contributed by atoms with Crippen molar-refractivity contribution in [3.8, 4) is 5.75 Å². The molecule has 8 heteroatoms. The van der Waals surface area contributed by atoms with Gasteiger partial charge in [-0.2, -0.15) is 0 Å². The summed E-state index contributed by atoms with van der Waals surface area (Å²) in [6, 6.07) is 3.81. The standard InChI is InChI=1S/C20H22BrNO5S/c1-6-26-20(25)16-12(4)18(13(5)23)28-19(16)22-15(24)9-27-17-10(2)7-14(21)8-11(17)3/h7-8H,6,9H2,1-5H3,(H,22,24). The molecular weight excluding hydrogens is 446 g/mol. The van der Waals surface area contributed by atoms with Crippen molar-refractivity contribution in [1.82, 2.24) is 0 Å². The van der Waals surface area contributed by atoms with Crippen molar-refractivity contribution in [3.63, 3.8) is 0 Å². The predicted molar refractivity (Wildman–Crippen MR) is 113 cm³/mol. The van der Waals surface area contributed by atoms with Crippen LogP contribution in [0.15, 0.2) is 16.6 Å². The molecule has 0 radical (unpaired) electrons. The van der Waals surface area contributed by atoms with Gasteiger partial charge in [-0.1, -0.05) is 15.9 Å². The number of thiophene rings is 1. The van der Waals surface area contributed by atoms with Crippen LogP contribution in [0.3, 0.4) is 0 Å². The van der Waals surface area contributed by atoms with Crippen molar-refractivity contribution in [2.45, 2.75) is 34.6 Å². The van der Waals surface area contributed by atoms with Gasteiger partial charge in [0, 0.05) is 4.47 Å².